The summed E-state index contributed by atoms with van der Waals surface area (Å²) in [5, 5.41) is 19.7. The van der Waals surface area contributed by atoms with Crippen molar-refractivity contribution in [1.29, 1.82) is 0 Å². The highest BCUT2D eigenvalue weighted by Gasteiger charge is 2.16. The summed E-state index contributed by atoms with van der Waals surface area (Å²) in [5.74, 6) is 2.64. The van der Waals surface area contributed by atoms with E-state index in [2.05, 4.69) is 5.32 Å². The number of allylic oxidation sites excluding steroid dienone is 1. The number of aliphatic carboxylic acids is 1. The zero-order valence-corrected chi connectivity index (χ0v) is 6.58. The Hall–Kier alpha value is -0.860. The first kappa shape index (κ1) is 8.24. The van der Waals surface area contributed by atoms with Crippen molar-refractivity contribution < 1.29 is 15.0 Å². The molecular formula is C6H8NO3P. The molecule has 0 aliphatic carbocycles. The van der Waals surface area contributed by atoms with Crippen molar-refractivity contribution in [2.24, 2.45) is 0 Å². The molecule has 4 nitrogen and oxygen atoms in total. The number of carboxylic acids is 1. The van der Waals surface area contributed by atoms with E-state index in [1.54, 1.807) is 0 Å². The van der Waals surface area contributed by atoms with E-state index in [1.165, 1.54) is 0 Å². The molecule has 3 N–H and O–H groups in total. The standard InChI is InChI=1S/C6H8NO3P/c8-1-5(6(9)10)7-4-2-11-3-4/h2-3,5,7-8H,1H2,(H,9,10)/t5-/m0/s1. The number of aliphatic hydroxyl groups is 1. The summed E-state index contributed by atoms with van der Waals surface area (Å²) in [6.45, 7) is -0.391. The largest absolute Gasteiger partial charge is 0.480 e. The molecule has 0 saturated heterocycles. The molecule has 60 valence electrons. The van der Waals surface area contributed by atoms with Crippen LogP contribution in [-0.4, -0.2) is 34.6 Å². The van der Waals surface area contributed by atoms with E-state index in [0.717, 1.165) is 13.9 Å². The van der Waals surface area contributed by atoms with Gasteiger partial charge in [-0.25, -0.2) is 4.79 Å². The number of nitrogens with one attached hydrogen (secondary N) is 1. The highest BCUT2D eigenvalue weighted by molar-refractivity contribution is 7.45. The van der Waals surface area contributed by atoms with Gasteiger partial charge in [-0.2, -0.15) is 0 Å². The molecule has 0 amide bonds. The summed E-state index contributed by atoms with van der Waals surface area (Å²) in [5.41, 5.74) is 0.785. The lowest BCUT2D eigenvalue weighted by atomic mass is 10.3. The van der Waals surface area contributed by atoms with Crippen LogP contribution in [0.4, 0.5) is 0 Å². The zero-order chi connectivity index (χ0) is 8.27. The average molecular weight is 173 g/mol. The molecular weight excluding hydrogens is 165 g/mol. The predicted octanol–water partition coefficient (Wildman–Crippen LogP) is -0.375. The normalized spacial score (nSPS) is 18.1. The van der Waals surface area contributed by atoms with Gasteiger partial charge in [-0.05, 0) is 11.6 Å². The number of carbonyl (C=O) groups is 1. The lowest BCUT2D eigenvalue weighted by Crippen LogP contribution is -2.39. The maximum Gasteiger partial charge on any atom is 0.328 e. The molecule has 0 aromatic heterocycles. The molecule has 5 heteroatoms. The van der Waals surface area contributed by atoms with Crippen molar-refractivity contribution in [3.63, 3.8) is 0 Å². The van der Waals surface area contributed by atoms with Crippen molar-refractivity contribution in [3.05, 3.63) is 11.5 Å². The third-order valence-corrected chi connectivity index (χ3v) is 2.10. The van der Waals surface area contributed by atoms with Gasteiger partial charge in [-0.3, -0.25) is 0 Å². The smallest absolute Gasteiger partial charge is 0.328 e. The van der Waals surface area contributed by atoms with Crippen LogP contribution < -0.4 is 5.32 Å². The van der Waals surface area contributed by atoms with Gasteiger partial charge in [0.2, 0.25) is 0 Å². The molecule has 1 atom stereocenters. The topological polar surface area (TPSA) is 69.6 Å². The lowest BCUT2D eigenvalue weighted by Gasteiger charge is -2.15. The van der Waals surface area contributed by atoms with E-state index in [1.807, 2.05) is 11.6 Å². The molecule has 0 radical (unpaired) electrons. The predicted molar refractivity (Wildman–Crippen MR) is 42.7 cm³/mol. The Bertz CT molecular complexity index is 224. The Morgan fingerprint density at radius 2 is 2.45 bits per heavy atom. The Kier molecular flexibility index (Phi) is 2.63. The van der Waals surface area contributed by atoms with Crippen molar-refractivity contribution >= 4 is 20.0 Å². The second-order valence-corrected chi connectivity index (χ2v) is 2.89. The molecule has 0 saturated carbocycles. The lowest BCUT2D eigenvalue weighted by molar-refractivity contribution is -0.140. The highest BCUT2D eigenvalue weighted by Crippen LogP contribution is 2.12. The fourth-order valence-electron chi connectivity index (χ4n) is 0.610. The van der Waals surface area contributed by atoms with Crippen LogP contribution in [0.1, 0.15) is 0 Å². The molecule has 1 rings (SSSR count). The van der Waals surface area contributed by atoms with Crippen LogP contribution in [0.3, 0.4) is 0 Å². The molecule has 1 aliphatic rings. The average Bonchev–Trinajstić information content (AvgIpc) is 1.85. The van der Waals surface area contributed by atoms with E-state index in [4.69, 9.17) is 10.2 Å². The molecule has 1 aliphatic heterocycles. The first-order valence-corrected chi connectivity index (χ1v) is 4.11. The Morgan fingerprint density at radius 1 is 1.82 bits per heavy atom. The van der Waals surface area contributed by atoms with Gasteiger partial charge in [0.15, 0.2) is 0 Å². The first-order chi connectivity index (χ1) is 5.24. The third-order valence-electron chi connectivity index (χ3n) is 1.25. The minimum absolute atomic E-state index is 0.391. The summed E-state index contributed by atoms with van der Waals surface area (Å²) < 4.78 is 0. The first-order valence-electron chi connectivity index (χ1n) is 3.07. The molecule has 0 bridgehead atoms. The molecule has 0 aromatic rings. The van der Waals surface area contributed by atoms with Crippen LogP contribution in [0.25, 0.3) is 0 Å². The van der Waals surface area contributed by atoms with Crippen LogP contribution in [0.15, 0.2) is 11.5 Å². The van der Waals surface area contributed by atoms with Gasteiger partial charge in [-0.1, -0.05) is 8.20 Å². The molecule has 0 fully saturated rings. The van der Waals surface area contributed by atoms with E-state index in [9.17, 15) is 4.79 Å². The van der Waals surface area contributed by atoms with Crippen molar-refractivity contribution in [2.75, 3.05) is 6.61 Å². The van der Waals surface area contributed by atoms with Crippen LogP contribution in [0, 0.1) is 0 Å². The number of hydrogen-bond donors (Lipinski definition) is 3. The highest BCUT2D eigenvalue weighted by atomic mass is 31.1. The van der Waals surface area contributed by atoms with Gasteiger partial charge in [0.25, 0.3) is 0 Å². The zero-order valence-electron chi connectivity index (χ0n) is 5.69. The van der Waals surface area contributed by atoms with Gasteiger partial charge in [0.05, 0.1) is 6.61 Å². The van der Waals surface area contributed by atoms with E-state index >= 15 is 0 Å². The van der Waals surface area contributed by atoms with Crippen LogP contribution in [0.5, 0.6) is 0 Å². The van der Waals surface area contributed by atoms with Crippen molar-refractivity contribution in [2.45, 2.75) is 6.04 Å². The van der Waals surface area contributed by atoms with Gasteiger partial charge >= 0.3 is 5.97 Å². The maximum absolute atomic E-state index is 10.3. The quantitative estimate of drug-likeness (QED) is 0.507. The van der Waals surface area contributed by atoms with Crippen molar-refractivity contribution in [1.82, 2.24) is 5.32 Å². The number of carboxylic acid groups (broad SMARTS) is 1. The maximum atomic E-state index is 10.3. The number of hydrogen-bond acceptors (Lipinski definition) is 3. The Labute approximate surface area is 65.3 Å². The minimum Gasteiger partial charge on any atom is -0.480 e. The van der Waals surface area contributed by atoms with E-state index in [0.29, 0.717) is 0 Å². The van der Waals surface area contributed by atoms with Gasteiger partial charge in [0.1, 0.15) is 6.04 Å². The SMILES string of the molecule is O=C(O)[C@H](CO)NC1=CP=C1. The van der Waals surface area contributed by atoms with Gasteiger partial charge in [0, 0.05) is 5.70 Å². The minimum atomic E-state index is -1.04. The molecule has 0 spiro atoms. The summed E-state index contributed by atoms with van der Waals surface area (Å²) in [4.78, 5) is 10.3. The van der Waals surface area contributed by atoms with Crippen molar-refractivity contribution in [3.8, 4) is 0 Å². The van der Waals surface area contributed by atoms with E-state index in [-0.39, 0.29) is 0 Å². The van der Waals surface area contributed by atoms with Gasteiger partial charge in [-0.15, -0.1) is 0 Å². The Morgan fingerprint density at radius 3 is 2.73 bits per heavy atom. The van der Waals surface area contributed by atoms with Gasteiger partial charge < -0.3 is 15.5 Å². The van der Waals surface area contributed by atoms with Crippen LogP contribution in [-0.2, 0) is 4.79 Å². The molecule has 1 heterocycles. The van der Waals surface area contributed by atoms with Crippen LogP contribution in [0.2, 0.25) is 0 Å². The van der Waals surface area contributed by atoms with E-state index < -0.39 is 18.6 Å². The number of aliphatic hydroxyl groups excluding tert-OH is 1. The monoisotopic (exact) mass is 173 g/mol. The summed E-state index contributed by atoms with van der Waals surface area (Å²) in [6, 6.07) is -0.881. The fraction of sp³-hybridized carbons (Fsp3) is 0.333. The summed E-state index contributed by atoms with van der Waals surface area (Å²) >= 11 is 0. The molecule has 0 unspecified atom stereocenters. The second-order valence-electron chi connectivity index (χ2n) is 2.08. The molecule has 0 aromatic carbocycles. The number of rotatable bonds is 4. The van der Waals surface area contributed by atoms with Crippen LogP contribution >= 0.6 is 8.20 Å². The molecule has 11 heavy (non-hydrogen) atoms. The summed E-state index contributed by atoms with van der Waals surface area (Å²) in [7, 11) is 1.08. The summed E-state index contributed by atoms with van der Waals surface area (Å²) in [6.07, 6.45) is 0. The fourth-order valence-corrected chi connectivity index (χ4v) is 1.06. The second kappa shape index (κ2) is 3.51. The third kappa shape index (κ3) is 2.03. The Balaban J connectivity index is 2.37.